The third-order valence-electron chi connectivity index (χ3n) is 2.43. The fourth-order valence-electron chi connectivity index (χ4n) is 1.44. The Labute approximate surface area is 117 Å². The van der Waals surface area contributed by atoms with Gasteiger partial charge in [-0.3, -0.25) is 0 Å². The van der Waals surface area contributed by atoms with Gasteiger partial charge < -0.3 is 14.6 Å². The molecule has 0 radical (unpaired) electrons. The Morgan fingerprint density at radius 3 is 2.84 bits per heavy atom. The minimum Gasteiger partial charge on any atom is -0.489 e. The van der Waals surface area contributed by atoms with Crippen LogP contribution in [0, 0.1) is 0 Å². The highest BCUT2D eigenvalue weighted by Gasteiger charge is 2.07. The number of hydrogen-bond donors (Lipinski definition) is 1. The van der Waals surface area contributed by atoms with Gasteiger partial charge in [0.05, 0.1) is 11.1 Å². The van der Waals surface area contributed by atoms with Crippen molar-refractivity contribution in [3.8, 4) is 5.75 Å². The maximum Gasteiger partial charge on any atom is 0.328 e. The van der Waals surface area contributed by atoms with Gasteiger partial charge in [-0.25, -0.2) is 4.79 Å². The summed E-state index contributed by atoms with van der Waals surface area (Å²) in [6, 6.07) is 5.15. The molecule has 19 heavy (non-hydrogen) atoms. The first kappa shape index (κ1) is 15.5. The number of rotatable bonds is 7. The van der Waals surface area contributed by atoms with Crippen molar-refractivity contribution in [2.75, 3.05) is 13.7 Å². The molecule has 0 aliphatic carbocycles. The molecule has 0 aromatic heterocycles. The first-order valence-corrected chi connectivity index (χ1v) is 6.27. The molecule has 104 valence electrons. The number of benzene rings is 1. The van der Waals surface area contributed by atoms with Gasteiger partial charge in [-0.1, -0.05) is 17.7 Å². The zero-order chi connectivity index (χ0) is 14.3. The second-order valence-corrected chi connectivity index (χ2v) is 4.48. The van der Waals surface area contributed by atoms with Crippen molar-refractivity contribution in [1.82, 2.24) is 0 Å². The Bertz CT molecular complexity index is 457. The first-order chi connectivity index (χ1) is 9.02. The van der Waals surface area contributed by atoms with E-state index in [2.05, 4.69) is 0 Å². The molecule has 0 spiro atoms. The fraction of sp³-hybridized carbons (Fsp3) is 0.357. The second kappa shape index (κ2) is 7.81. The number of hydrogen-bond acceptors (Lipinski definition) is 3. The van der Waals surface area contributed by atoms with E-state index in [1.165, 1.54) is 6.08 Å². The van der Waals surface area contributed by atoms with E-state index in [9.17, 15) is 4.79 Å². The lowest BCUT2D eigenvalue weighted by atomic mass is 10.2. The maximum atomic E-state index is 10.4. The summed E-state index contributed by atoms with van der Waals surface area (Å²) in [5.74, 6) is -0.414. The van der Waals surface area contributed by atoms with Crippen molar-refractivity contribution < 1.29 is 19.4 Å². The quantitative estimate of drug-likeness (QED) is 0.781. The fourth-order valence-corrected chi connectivity index (χ4v) is 1.68. The lowest BCUT2D eigenvalue weighted by Crippen LogP contribution is -2.14. The van der Waals surface area contributed by atoms with Gasteiger partial charge in [-0.15, -0.1) is 0 Å². The van der Waals surface area contributed by atoms with Gasteiger partial charge >= 0.3 is 5.97 Å². The van der Waals surface area contributed by atoms with E-state index in [1.54, 1.807) is 25.3 Å². The van der Waals surface area contributed by atoms with Crippen LogP contribution in [-0.4, -0.2) is 30.9 Å². The Morgan fingerprint density at radius 2 is 2.26 bits per heavy atom. The third kappa shape index (κ3) is 5.77. The highest BCUT2D eigenvalue weighted by Crippen LogP contribution is 2.27. The SMILES string of the molecule is COCCC(C)Oc1ccc(/C=C/C(=O)O)cc1Cl. The van der Waals surface area contributed by atoms with E-state index in [0.29, 0.717) is 22.9 Å². The van der Waals surface area contributed by atoms with E-state index in [4.69, 9.17) is 26.2 Å². The number of ether oxygens (including phenoxy) is 2. The van der Waals surface area contributed by atoms with Gasteiger partial charge in [0.25, 0.3) is 0 Å². The predicted octanol–water partition coefficient (Wildman–Crippen LogP) is 3.24. The highest BCUT2D eigenvalue weighted by atomic mass is 35.5. The Kier molecular flexibility index (Phi) is 6.39. The average molecular weight is 285 g/mol. The van der Waals surface area contributed by atoms with Crippen LogP contribution in [0.2, 0.25) is 5.02 Å². The topological polar surface area (TPSA) is 55.8 Å². The molecule has 1 aromatic carbocycles. The molecule has 0 saturated heterocycles. The number of carboxylic acid groups (broad SMARTS) is 1. The van der Waals surface area contributed by atoms with Gasteiger partial charge in [-0.05, 0) is 30.7 Å². The van der Waals surface area contributed by atoms with Gasteiger partial charge in [0.2, 0.25) is 0 Å². The highest BCUT2D eigenvalue weighted by molar-refractivity contribution is 6.32. The zero-order valence-corrected chi connectivity index (χ0v) is 11.7. The molecule has 1 aromatic rings. The van der Waals surface area contributed by atoms with Crippen molar-refractivity contribution >= 4 is 23.6 Å². The molecule has 0 amide bonds. The maximum absolute atomic E-state index is 10.4. The number of carbonyl (C=O) groups is 1. The monoisotopic (exact) mass is 284 g/mol. The van der Waals surface area contributed by atoms with E-state index in [1.807, 2.05) is 6.92 Å². The number of halogens is 1. The number of carboxylic acids is 1. The van der Waals surface area contributed by atoms with Gasteiger partial charge in [0.1, 0.15) is 5.75 Å². The van der Waals surface area contributed by atoms with Gasteiger partial charge in [-0.2, -0.15) is 0 Å². The average Bonchev–Trinajstić information content (AvgIpc) is 2.36. The van der Waals surface area contributed by atoms with Crippen molar-refractivity contribution in [2.24, 2.45) is 0 Å². The molecule has 0 aliphatic heterocycles. The van der Waals surface area contributed by atoms with Crippen molar-refractivity contribution in [3.63, 3.8) is 0 Å². The van der Waals surface area contributed by atoms with Crippen LogP contribution in [0.25, 0.3) is 6.08 Å². The molecule has 0 saturated carbocycles. The zero-order valence-electron chi connectivity index (χ0n) is 10.9. The molecule has 1 rings (SSSR count). The van der Waals surface area contributed by atoms with Crippen molar-refractivity contribution in [1.29, 1.82) is 0 Å². The number of methoxy groups -OCH3 is 1. The van der Waals surface area contributed by atoms with Crippen LogP contribution in [0.4, 0.5) is 0 Å². The molecule has 1 atom stereocenters. The second-order valence-electron chi connectivity index (χ2n) is 4.07. The summed E-state index contributed by atoms with van der Waals surface area (Å²) in [5, 5.41) is 9.00. The summed E-state index contributed by atoms with van der Waals surface area (Å²) < 4.78 is 10.7. The largest absolute Gasteiger partial charge is 0.489 e. The molecular weight excluding hydrogens is 268 g/mol. The van der Waals surface area contributed by atoms with Crippen LogP contribution >= 0.6 is 11.6 Å². The molecule has 0 heterocycles. The standard InChI is InChI=1S/C14H17ClO4/c1-10(7-8-18-2)19-13-5-3-11(9-12(13)15)4-6-14(16)17/h3-6,9-10H,7-8H2,1-2H3,(H,16,17)/b6-4+. The van der Waals surface area contributed by atoms with Crippen LogP contribution < -0.4 is 4.74 Å². The lowest BCUT2D eigenvalue weighted by Gasteiger charge is -2.15. The molecule has 0 bridgehead atoms. The molecule has 1 unspecified atom stereocenters. The van der Waals surface area contributed by atoms with Crippen LogP contribution in [0.3, 0.4) is 0 Å². The van der Waals surface area contributed by atoms with Gasteiger partial charge in [0, 0.05) is 26.2 Å². The summed E-state index contributed by atoms with van der Waals surface area (Å²) in [5.41, 5.74) is 0.712. The van der Waals surface area contributed by atoms with Crippen LogP contribution in [0.5, 0.6) is 5.75 Å². The Morgan fingerprint density at radius 1 is 1.53 bits per heavy atom. The smallest absolute Gasteiger partial charge is 0.328 e. The molecule has 0 aliphatic rings. The first-order valence-electron chi connectivity index (χ1n) is 5.89. The van der Waals surface area contributed by atoms with Crippen molar-refractivity contribution in [2.45, 2.75) is 19.4 Å². The number of aliphatic carboxylic acids is 1. The summed E-state index contributed by atoms with van der Waals surface area (Å²) in [6.07, 6.45) is 3.31. The van der Waals surface area contributed by atoms with Gasteiger partial charge in [0.15, 0.2) is 0 Å². The van der Waals surface area contributed by atoms with E-state index < -0.39 is 5.97 Å². The summed E-state index contributed by atoms with van der Waals surface area (Å²) in [6.45, 7) is 2.56. The minimum atomic E-state index is -0.996. The molecule has 5 heteroatoms. The summed E-state index contributed by atoms with van der Waals surface area (Å²) in [4.78, 5) is 10.4. The Balaban J connectivity index is 2.69. The Hall–Kier alpha value is -1.52. The van der Waals surface area contributed by atoms with E-state index >= 15 is 0 Å². The van der Waals surface area contributed by atoms with Crippen LogP contribution in [-0.2, 0) is 9.53 Å². The van der Waals surface area contributed by atoms with E-state index in [-0.39, 0.29) is 6.10 Å². The molecular formula is C14H17ClO4. The van der Waals surface area contributed by atoms with E-state index in [0.717, 1.165) is 12.5 Å². The molecule has 1 N–H and O–H groups in total. The predicted molar refractivity (Wildman–Crippen MR) is 74.7 cm³/mol. The minimum absolute atomic E-state index is 0.00198. The lowest BCUT2D eigenvalue weighted by molar-refractivity contribution is -0.131. The van der Waals surface area contributed by atoms with Crippen LogP contribution in [0.1, 0.15) is 18.9 Å². The normalized spacial score (nSPS) is 12.6. The summed E-state index contributed by atoms with van der Waals surface area (Å²) in [7, 11) is 1.64. The molecule has 4 nitrogen and oxygen atoms in total. The third-order valence-corrected chi connectivity index (χ3v) is 2.73. The summed E-state index contributed by atoms with van der Waals surface area (Å²) >= 11 is 6.09. The van der Waals surface area contributed by atoms with Crippen molar-refractivity contribution in [3.05, 3.63) is 34.9 Å². The van der Waals surface area contributed by atoms with Crippen LogP contribution in [0.15, 0.2) is 24.3 Å². The molecule has 0 fully saturated rings.